The second-order valence-corrected chi connectivity index (χ2v) is 3.70. The lowest BCUT2D eigenvalue weighted by Crippen LogP contribution is -2.02. The molecule has 4 heteroatoms. The van der Waals surface area contributed by atoms with Crippen molar-refractivity contribution in [1.82, 2.24) is 14.8 Å². The van der Waals surface area contributed by atoms with Crippen LogP contribution in [0.2, 0.25) is 0 Å². The Balaban J connectivity index is 2.00. The van der Waals surface area contributed by atoms with E-state index < -0.39 is 0 Å². The molecule has 0 bridgehead atoms. The molecular weight excluding hydrogens is 200 g/mol. The molecule has 0 atom stereocenters. The zero-order chi connectivity index (χ0) is 11.4. The minimum absolute atomic E-state index is 0.758. The molecule has 0 fully saturated rings. The fourth-order valence-corrected chi connectivity index (χ4v) is 1.61. The lowest BCUT2D eigenvalue weighted by Gasteiger charge is -2.02. The standard InChI is InChI=1S/C12H16N4/c1-3-16-10(2)7-12(15-16)14-9-11-5-4-6-13-8-11/h4-8H,3,9H2,1-2H3,(H,14,15). The Bertz CT molecular complexity index is 447. The van der Waals surface area contributed by atoms with Gasteiger partial charge in [0.1, 0.15) is 5.82 Å². The van der Waals surface area contributed by atoms with Gasteiger partial charge in [0.05, 0.1) is 0 Å². The van der Waals surface area contributed by atoms with Crippen LogP contribution in [0.1, 0.15) is 18.2 Å². The molecule has 2 rings (SSSR count). The lowest BCUT2D eigenvalue weighted by molar-refractivity contribution is 0.641. The van der Waals surface area contributed by atoms with Crippen molar-refractivity contribution in [1.29, 1.82) is 0 Å². The third kappa shape index (κ3) is 2.39. The number of hydrogen-bond acceptors (Lipinski definition) is 3. The number of hydrogen-bond donors (Lipinski definition) is 1. The van der Waals surface area contributed by atoms with Gasteiger partial charge in [-0.3, -0.25) is 9.67 Å². The first-order valence-corrected chi connectivity index (χ1v) is 5.47. The zero-order valence-corrected chi connectivity index (χ0v) is 9.64. The maximum Gasteiger partial charge on any atom is 0.148 e. The minimum Gasteiger partial charge on any atom is -0.364 e. The van der Waals surface area contributed by atoms with Gasteiger partial charge in [-0.25, -0.2) is 0 Å². The highest BCUT2D eigenvalue weighted by Gasteiger charge is 2.01. The molecule has 16 heavy (non-hydrogen) atoms. The van der Waals surface area contributed by atoms with E-state index in [1.54, 1.807) is 6.20 Å². The van der Waals surface area contributed by atoms with Crippen LogP contribution in [0.3, 0.4) is 0 Å². The SMILES string of the molecule is CCn1nc(NCc2cccnc2)cc1C. The predicted molar refractivity (Wildman–Crippen MR) is 64.2 cm³/mol. The third-order valence-electron chi connectivity index (χ3n) is 2.48. The second kappa shape index (κ2) is 4.79. The number of rotatable bonds is 4. The summed E-state index contributed by atoms with van der Waals surface area (Å²) < 4.78 is 1.98. The fraction of sp³-hybridized carbons (Fsp3) is 0.333. The summed E-state index contributed by atoms with van der Waals surface area (Å²) in [6.45, 7) is 5.81. The monoisotopic (exact) mass is 216 g/mol. The van der Waals surface area contributed by atoms with Gasteiger partial charge < -0.3 is 5.32 Å². The highest BCUT2D eigenvalue weighted by molar-refractivity contribution is 5.36. The molecule has 0 spiro atoms. The third-order valence-corrected chi connectivity index (χ3v) is 2.48. The molecule has 0 aliphatic heterocycles. The summed E-state index contributed by atoms with van der Waals surface area (Å²) >= 11 is 0. The van der Waals surface area contributed by atoms with E-state index in [2.05, 4.69) is 35.3 Å². The number of nitrogens with one attached hydrogen (secondary N) is 1. The smallest absolute Gasteiger partial charge is 0.148 e. The Morgan fingerprint density at radius 3 is 2.94 bits per heavy atom. The van der Waals surface area contributed by atoms with E-state index in [0.29, 0.717) is 0 Å². The molecule has 0 aromatic carbocycles. The molecular formula is C12H16N4. The average molecular weight is 216 g/mol. The van der Waals surface area contributed by atoms with E-state index >= 15 is 0 Å². The van der Waals surface area contributed by atoms with Gasteiger partial charge in [0.15, 0.2) is 0 Å². The van der Waals surface area contributed by atoms with Crippen LogP contribution >= 0.6 is 0 Å². The van der Waals surface area contributed by atoms with Gasteiger partial charge in [-0.15, -0.1) is 0 Å². The average Bonchev–Trinajstić information content (AvgIpc) is 2.69. The van der Waals surface area contributed by atoms with Crippen LogP contribution in [0, 0.1) is 6.92 Å². The van der Waals surface area contributed by atoms with Crippen molar-refractivity contribution in [3.8, 4) is 0 Å². The Kier molecular flexibility index (Phi) is 3.19. The summed E-state index contributed by atoms with van der Waals surface area (Å²) in [5.41, 5.74) is 2.34. The molecule has 0 radical (unpaired) electrons. The second-order valence-electron chi connectivity index (χ2n) is 3.70. The van der Waals surface area contributed by atoms with Crippen molar-refractivity contribution in [2.24, 2.45) is 0 Å². The van der Waals surface area contributed by atoms with Crippen molar-refractivity contribution in [3.05, 3.63) is 41.9 Å². The largest absolute Gasteiger partial charge is 0.364 e. The Labute approximate surface area is 95.3 Å². The van der Waals surface area contributed by atoms with Gasteiger partial charge >= 0.3 is 0 Å². The van der Waals surface area contributed by atoms with Crippen LogP contribution in [-0.4, -0.2) is 14.8 Å². The summed E-state index contributed by atoms with van der Waals surface area (Å²) in [5.74, 6) is 0.920. The first kappa shape index (κ1) is 10.7. The van der Waals surface area contributed by atoms with Gasteiger partial charge in [0.25, 0.3) is 0 Å². The number of nitrogens with zero attached hydrogens (tertiary/aromatic N) is 3. The van der Waals surface area contributed by atoms with Gasteiger partial charge in [0.2, 0.25) is 0 Å². The van der Waals surface area contributed by atoms with E-state index in [0.717, 1.165) is 24.5 Å². The van der Waals surface area contributed by atoms with E-state index in [1.165, 1.54) is 5.69 Å². The number of aromatic nitrogens is 3. The molecule has 2 aromatic rings. The summed E-state index contributed by atoms with van der Waals surface area (Å²) in [6.07, 6.45) is 3.64. The van der Waals surface area contributed by atoms with Crippen LogP contribution in [-0.2, 0) is 13.1 Å². The topological polar surface area (TPSA) is 42.7 Å². The molecule has 0 aliphatic rings. The first-order valence-electron chi connectivity index (χ1n) is 5.47. The van der Waals surface area contributed by atoms with Crippen molar-refractivity contribution in [2.75, 3.05) is 5.32 Å². The summed E-state index contributed by atoms with van der Waals surface area (Å²) in [4.78, 5) is 4.07. The Hall–Kier alpha value is -1.84. The van der Waals surface area contributed by atoms with Crippen LogP contribution < -0.4 is 5.32 Å². The van der Waals surface area contributed by atoms with Crippen molar-refractivity contribution >= 4 is 5.82 Å². The van der Waals surface area contributed by atoms with Gasteiger partial charge in [-0.2, -0.15) is 5.10 Å². The van der Waals surface area contributed by atoms with Crippen molar-refractivity contribution in [3.63, 3.8) is 0 Å². The van der Waals surface area contributed by atoms with Crippen molar-refractivity contribution < 1.29 is 0 Å². The highest BCUT2D eigenvalue weighted by Crippen LogP contribution is 2.09. The maximum atomic E-state index is 4.43. The summed E-state index contributed by atoms with van der Waals surface area (Å²) in [6, 6.07) is 6.04. The Morgan fingerprint density at radius 2 is 2.31 bits per heavy atom. The fourth-order valence-electron chi connectivity index (χ4n) is 1.61. The molecule has 84 valence electrons. The normalized spacial score (nSPS) is 10.4. The zero-order valence-electron chi connectivity index (χ0n) is 9.64. The molecule has 2 aromatic heterocycles. The number of anilines is 1. The molecule has 0 aliphatic carbocycles. The van der Waals surface area contributed by atoms with Crippen LogP contribution in [0.25, 0.3) is 0 Å². The van der Waals surface area contributed by atoms with Gasteiger partial charge in [-0.1, -0.05) is 6.07 Å². The van der Waals surface area contributed by atoms with Crippen LogP contribution in [0.15, 0.2) is 30.6 Å². The summed E-state index contributed by atoms with van der Waals surface area (Å²) in [7, 11) is 0. The molecule has 4 nitrogen and oxygen atoms in total. The minimum atomic E-state index is 0.758. The van der Waals surface area contributed by atoms with E-state index in [1.807, 2.05) is 23.0 Å². The van der Waals surface area contributed by atoms with Crippen LogP contribution in [0.5, 0.6) is 0 Å². The first-order chi connectivity index (χ1) is 7.79. The number of pyridine rings is 1. The quantitative estimate of drug-likeness (QED) is 0.852. The van der Waals surface area contributed by atoms with E-state index in [-0.39, 0.29) is 0 Å². The number of aryl methyl sites for hydroxylation is 2. The van der Waals surface area contributed by atoms with E-state index in [9.17, 15) is 0 Å². The van der Waals surface area contributed by atoms with Crippen LogP contribution in [0.4, 0.5) is 5.82 Å². The molecule has 0 saturated heterocycles. The van der Waals surface area contributed by atoms with Crippen molar-refractivity contribution in [2.45, 2.75) is 26.9 Å². The van der Waals surface area contributed by atoms with E-state index in [4.69, 9.17) is 0 Å². The molecule has 1 N–H and O–H groups in total. The van der Waals surface area contributed by atoms with Gasteiger partial charge in [-0.05, 0) is 25.5 Å². The summed E-state index contributed by atoms with van der Waals surface area (Å²) in [5, 5.41) is 7.71. The lowest BCUT2D eigenvalue weighted by atomic mass is 10.3. The molecule has 0 saturated carbocycles. The predicted octanol–water partition coefficient (Wildman–Crippen LogP) is 2.22. The highest BCUT2D eigenvalue weighted by atomic mass is 15.3. The molecule has 0 unspecified atom stereocenters. The van der Waals surface area contributed by atoms with Gasteiger partial charge in [0, 0.05) is 37.2 Å². The Morgan fingerprint density at radius 1 is 1.44 bits per heavy atom. The molecule has 2 heterocycles. The molecule has 0 amide bonds. The maximum absolute atomic E-state index is 4.43.